The van der Waals surface area contributed by atoms with E-state index < -0.39 is 36.7 Å². The summed E-state index contributed by atoms with van der Waals surface area (Å²) >= 11 is 2.88. The minimum atomic E-state index is -4.49. The first-order chi connectivity index (χ1) is 11.6. The van der Waals surface area contributed by atoms with E-state index in [-0.39, 0.29) is 10.0 Å². The van der Waals surface area contributed by atoms with Crippen LogP contribution >= 0.6 is 15.9 Å². The molecule has 0 N–H and O–H groups in total. The van der Waals surface area contributed by atoms with Crippen molar-refractivity contribution in [1.82, 2.24) is 4.90 Å². The van der Waals surface area contributed by atoms with Crippen molar-refractivity contribution in [2.75, 3.05) is 13.1 Å². The van der Waals surface area contributed by atoms with Gasteiger partial charge in [0.05, 0.1) is 18.7 Å². The van der Waals surface area contributed by atoms with Crippen LogP contribution < -0.4 is 0 Å². The van der Waals surface area contributed by atoms with E-state index in [9.17, 15) is 26.7 Å². The zero-order valence-electron chi connectivity index (χ0n) is 12.6. The topological polar surface area (TPSA) is 20.3 Å². The molecule has 0 atom stereocenters. The number of hydrogen-bond acceptors (Lipinski definition) is 1. The first kappa shape index (κ1) is 17.8. The van der Waals surface area contributed by atoms with E-state index >= 15 is 0 Å². The van der Waals surface area contributed by atoms with Crippen molar-refractivity contribution < 1.29 is 26.7 Å². The molecule has 132 valence electrons. The van der Waals surface area contributed by atoms with E-state index in [4.69, 9.17) is 0 Å². The van der Waals surface area contributed by atoms with Crippen molar-refractivity contribution in [3.63, 3.8) is 0 Å². The number of carbonyl (C=O) groups is 1. The lowest BCUT2D eigenvalue weighted by Gasteiger charge is -2.38. The smallest absolute Gasteiger partial charge is 0.326 e. The van der Waals surface area contributed by atoms with Crippen molar-refractivity contribution in [2.24, 2.45) is 0 Å². The van der Waals surface area contributed by atoms with Crippen LogP contribution in [0.25, 0.3) is 11.1 Å². The Bertz CT molecular complexity index is 809. The molecule has 0 aliphatic carbocycles. The molecule has 0 spiro atoms. The van der Waals surface area contributed by atoms with Gasteiger partial charge in [-0.25, -0.2) is 8.78 Å². The van der Waals surface area contributed by atoms with Crippen LogP contribution in [0.15, 0.2) is 46.9 Å². The first-order valence-electron chi connectivity index (χ1n) is 7.21. The highest BCUT2D eigenvalue weighted by Crippen LogP contribution is 2.37. The lowest BCUT2D eigenvalue weighted by atomic mass is 10.0. The van der Waals surface area contributed by atoms with Gasteiger partial charge in [0.1, 0.15) is 0 Å². The number of likely N-dealkylation sites (tertiary alicyclic amines) is 1. The standard InChI is InChI=1S/C17H11BrF5NO/c18-14-6-5-12(7-13(14)17(21,22)23)10-1-3-11(4-2-10)15(25)24-8-16(19,20)9-24/h1-7H,8-9H2. The second kappa shape index (κ2) is 6.09. The van der Waals surface area contributed by atoms with Crippen LogP contribution in [0.2, 0.25) is 0 Å². The van der Waals surface area contributed by atoms with Crippen molar-refractivity contribution in [1.29, 1.82) is 0 Å². The number of amides is 1. The van der Waals surface area contributed by atoms with Crippen molar-refractivity contribution >= 4 is 21.8 Å². The normalized spacial score (nSPS) is 16.5. The maximum absolute atomic E-state index is 13.0. The number of rotatable bonds is 2. The molecule has 0 aromatic heterocycles. The molecule has 3 rings (SSSR count). The summed E-state index contributed by atoms with van der Waals surface area (Å²) in [6.45, 7) is -1.23. The third kappa shape index (κ3) is 3.68. The molecule has 0 radical (unpaired) electrons. The van der Waals surface area contributed by atoms with E-state index in [1.54, 1.807) is 0 Å². The third-order valence-corrected chi connectivity index (χ3v) is 4.56. The van der Waals surface area contributed by atoms with E-state index in [0.717, 1.165) is 11.0 Å². The SMILES string of the molecule is O=C(c1ccc(-c2ccc(Br)c(C(F)(F)F)c2)cc1)N1CC(F)(F)C1. The highest BCUT2D eigenvalue weighted by molar-refractivity contribution is 9.10. The largest absolute Gasteiger partial charge is 0.417 e. The molecule has 1 fully saturated rings. The van der Waals surface area contributed by atoms with Crippen LogP contribution in [0.1, 0.15) is 15.9 Å². The van der Waals surface area contributed by atoms with Crippen LogP contribution in [-0.2, 0) is 6.18 Å². The Labute approximate surface area is 148 Å². The van der Waals surface area contributed by atoms with Crippen LogP contribution in [0.5, 0.6) is 0 Å². The number of alkyl halides is 5. The first-order valence-corrected chi connectivity index (χ1v) is 8.00. The van der Waals surface area contributed by atoms with Crippen molar-refractivity contribution in [3.8, 4) is 11.1 Å². The Balaban J connectivity index is 1.82. The molecule has 2 aromatic carbocycles. The zero-order chi connectivity index (χ0) is 18.4. The average molecular weight is 420 g/mol. The summed E-state index contributed by atoms with van der Waals surface area (Å²) in [4.78, 5) is 13.1. The second-order valence-electron chi connectivity index (χ2n) is 5.79. The van der Waals surface area contributed by atoms with Gasteiger partial charge < -0.3 is 4.90 Å². The predicted octanol–water partition coefficient (Wildman–Crippen LogP) is 5.23. The summed E-state index contributed by atoms with van der Waals surface area (Å²) in [5, 5.41) is 0. The molecular weight excluding hydrogens is 409 g/mol. The molecule has 1 amide bonds. The molecule has 25 heavy (non-hydrogen) atoms. The maximum atomic E-state index is 13.0. The fraction of sp³-hybridized carbons (Fsp3) is 0.235. The Morgan fingerprint density at radius 1 is 1.00 bits per heavy atom. The van der Waals surface area contributed by atoms with E-state index in [1.165, 1.54) is 36.4 Å². The van der Waals surface area contributed by atoms with Gasteiger partial charge in [0.2, 0.25) is 0 Å². The Hall–Kier alpha value is -1.96. The van der Waals surface area contributed by atoms with Gasteiger partial charge in [0, 0.05) is 10.0 Å². The fourth-order valence-corrected chi connectivity index (χ4v) is 3.04. The summed E-state index contributed by atoms with van der Waals surface area (Å²) < 4.78 is 64.5. The average Bonchev–Trinajstić information content (AvgIpc) is 2.51. The molecule has 0 bridgehead atoms. The monoisotopic (exact) mass is 419 g/mol. The highest BCUT2D eigenvalue weighted by atomic mass is 79.9. The van der Waals surface area contributed by atoms with Gasteiger partial charge in [0.15, 0.2) is 0 Å². The lowest BCUT2D eigenvalue weighted by Crippen LogP contribution is -2.58. The summed E-state index contributed by atoms with van der Waals surface area (Å²) in [6.07, 6.45) is -4.49. The molecule has 0 saturated carbocycles. The maximum Gasteiger partial charge on any atom is 0.417 e. The second-order valence-corrected chi connectivity index (χ2v) is 6.64. The van der Waals surface area contributed by atoms with Gasteiger partial charge in [-0.1, -0.05) is 34.1 Å². The van der Waals surface area contributed by atoms with Gasteiger partial charge in [-0.15, -0.1) is 0 Å². The molecule has 1 aliphatic heterocycles. The Kier molecular flexibility index (Phi) is 4.35. The van der Waals surface area contributed by atoms with Gasteiger partial charge in [-0.05, 0) is 35.4 Å². The Morgan fingerprint density at radius 3 is 2.08 bits per heavy atom. The number of hydrogen-bond donors (Lipinski definition) is 0. The van der Waals surface area contributed by atoms with Crippen molar-refractivity contribution in [3.05, 3.63) is 58.1 Å². The predicted molar refractivity (Wildman–Crippen MR) is 85.4 cm³/mol. The molecule has 2 aromatic rings. The fourth-order valence-electron chi connectivity index (χ4n) is 2.57. The highest BCUT2D eigenvalue weighted by Gasteiger charge is 2.46. The third-order valence-electron chi connectivity index (χ3n) is 3.87. The summed E-state index contributed by atoms with van der Waals surface area (Å²) in [7, 11) is 0. The van der Waals surface area contributed by atoms with Gasteiger partial charge in [-0.3, -0.25) is 4.79 Å². The zero-order valence-corrected chi connectivity index (χ0v) is 14.2. The van der Waals surface area contributed by atoms with E-state index in [1.807, 2.05) is 0 Å². The van der Waals surface area contributed by atoms with E-state index in [0.29, 0.717) is 11.1 Å². The van der Waals surface area contributed by atoms with Crippen LogP contribution in [0.3, 0.4) is 0 Å². The molecule has 1 aliphatic rings. The van der Waals surface area contributed by atoms with Gasteiger partial charge in [-0.2, -0.15) is 13.2 Å². The van der Waals surface area contributed by atoms with Crippen LogP contribution in [0, 0.1) is 0 Å². The molecule has 8 heteroatoms. The Morgan fingerprint density at radius 2 is 1.56 bits per heavy atom. The van der Waals surface area contributed by atoms with Crippen LogP contribution in [0.4, 0.5) is 22.0 Å². The van der Waals surface area contributed by atoms with Gasteiger partial charge in [0.25, 0.3) is 11.8 Å². The molecule has 0 unspecified atom stereocenters. The van der Waals surface area contributed by atoms with E-state index in [2.05, 4.69) is 15.9 Å². The molecule has 1 heterocycles. The number of carbonyl (C=O) groups excluding carboxylic acids is 1. The quantitative estimate of drug-likeness (QED) is 0.610. The molecule has 2 nitrogen and oxygen atoms in total. The van der Waals surface area contributed by atoms with Crippen molar-refractivity contribution in [2.45, 2.75) is 12.1 Å². The summed E-state index contributed by atoms with van der Waals surface area (Å²) in [5.41, 5.74) is 0.244. The van der Waals surface area contributed by atoms with Gasteiger partial charge >= 0.3 is 6.18 Å². The molecule has 1 saturated heterocycles. The number of benzene rings is 2. The minimum absolute atomic E-state index is 0.0609. The molecular formula is C17H11BrF5NO. The number of nitrogens with zero attached hydrogens (tertiary/aromatic N) is 1. The summed E-state index contributed by atoms with van der Waals surface area (Å²) in [5.74, 6) is -3.37. The number of halogens is 6. The summed E-state index contributed by atoms with van der Waals surface area (Å²) in [6, 6.07) is 9.67. The van der Waals surface area contributed by atoms with Crippen LogP contribution in [-0.4, -0.2) is 29.8 Å². The lowest BCUT2D eigenvalue weighted by molar-refractivity contribution is -0.138. The minimum Gasteiger partial charge on any atom is -0.326 e.